The second kappa shape index (κ2) is 4.99. The minimum absolute atomic E-state index is 0.0429. The van der Waals surface area contributed by atoms with Crippen molar-refractivity contribution in [3.8, 4) is 0 Å². The first-order chi connectivity index (χ1) is 8.02. The minimum atomic E-state index is -0.0429. The van der Waals surface area contributed by atoms with E-state index in [0.717, 1.165) is 25.0 Å². The van der Waals surface area contributed by atoms with Crippen LogP contribution in [0.15, 0.2) is 18.2 Å². The fourth-order valence-electron chi connectivity index (χ4n) is 2.38. The van der Waals surface area contributed by atoms with Crippen LogP contribution < -0.4 is 4.90 Å². The Morgan fingerprint density at radius 2 is 2.18 bits per heavy atom. The maximum Gasteiger partial charge on any atom is 0.0801 e. The quantitative estimate of drug-likeness (QED) is 0.775. The zero-order valence-electron chi connectivity index (χ0n) is 10.8. The number of anilines is 1. The Kier molecular flexibility index (Phi) is 3.79. The van der Waals surface area contributed by atoms with E-state index in [1.165, 1.54) is 16.8 Å². The number of hydrogen-bond acceptors (Lipinski definition) is 2. The molecule has 94 valence electrons. The number of morpholine rings is 1. The molecule has 2 rings (SSSR count). The second-order valence-electron chi connectivity index (χ2n) is 5.28. The van der Waals surface area contributed by atoms with E-state index in [1.54, 1.807) is 0 Å². The van der Waals surface area contributed by atoms with Gasteiger partial charge in [0.05, 0.1) is 12.2 Å². The Hall–Kier alpha value is -0.540. The minimum Gasteiger partial charge on any atom is -0.372 e. The molecule has 1 aliphatic rings. The summed E-state index contributed by atoms with van der Waals surface area (Å²) in [7, 11) is 0. The fourth-order valence-corrected chi connectivity index (χ4v) is 2.73. The van der Waals surface area contributed by atoms with Gasteiger partial charge >= 0.3 is 0 Å². The number of hydrogen-bond donors (Lipinski definition) is 0. The third-order valence-corrected chi connectivity index (χ3v) is 3.83. The SMILES string of the molecule is Cc1cc(CBr)ccc1N1CCOC(C)(C)C1. The van der Waals surface area contributed by atoms with Crippen molar-refractivity contribution in [1.29, 1.82) is 0 Å². The number of alkyl halides is 1. The fraction of sp³-hybridized carbons (Fsp3) is 0.571. The highest BCUT2D eigenvalue weighted by atomic mass is 79.9. The summed E-state index contributed by atoms with van der Waals surface area (Å²) in [5.74, 6) is 0. The van der Waals surface area contributed by atoms with Crippen molar-refractivity contribution in [3.05, 3.63) is 29.3 Å². The molecule has 0 unspecified atom stereocenters. The lowest BCUT2D eigenvalue weighted by Gasteiger charge is -2.40. The zero-order chi connectivity index (χ0) is 12.5. The van der Waals surface area contributed by atoms with E-state index < -0.39 is 0 Å². The van der Waals surface area contributed by atoms with Crippen molar-refractivity contribution in [2.24, 2.45) is 0 Å². The van der Waals surface area contributed by atoms with E-state index in [9.17, 15) is 0 Å². The lowest BCUT2D eigenvalue weighted by atomic mass is 10.0. The molecule has 0 bridgehead atoms. The molecule has 0 N–H and O–H groups in total. The summed E-state index contributed by atoms with van der Waals surface area (Å²) >= 11 is 3.50. The summed E-state index contributed by atoms with van der Waals surface area (Å²) in [5, 5.41) is 0.919. The van der Waals surface area contributed by atoms with Crippen LogP contribution in [-0.4, -0.2) is 25.3 Å². The van der Waals surface area contributed by atoms with Crippen molar-refractivity contribution in [3.63, 3.8) is 0 Å². The van der Waals surface area contributed by atoms with Gasteiger partial charge in [0.15, 0.2) is 0 Å². The van der Waals surface area contributed by atoms with E-state index in [2.05, 4.69) is 59.8 Å². The lowest BCUT2D eigenvalue weighted by molar-refractivity contribution is -0.0277. The van der Waals surface area contributed by atoms with Crippen molar-refractivity contribution in [2.45, 2.75) is 31.7 Å². The first-order valence-corrected chi connectivity index (χ1v) is 7.18. The third kappa shape index (κ3) is 3.02. The average Bonchev–Trinajstić information content (AvgIpc) is 2.27. The van der Waals surface area contributed by atoms with Gasteiger partial charge in [0.25, 0.3) is 0 Å². The Balaban J connectivity index is 2.22. The molecule has 1 heterocycles. The van der Waals surface area contributed by atoms with Crippen LogP contribution in [0.1, 0.15) is 25.0 Å². The second-order valence-corrected chi connectivity index (χ2v) is 5.84. The topological polar surface area (TPSA) is 12.5 Å². The molecule has 0 atom stereocenters. The summed E-state index contributed by atoms with van der Waals surface area (Å²) in [6.07, 6.45) is 0. The Morgan fingerprint density at radius 3 is 2.76 bits per heavy atom. The molecule has 17 heavy (non-hydrogen) atoms. The first-order valence-electron chi connectivity index (χ1n) is 6.06. The summed E-state index contributed by atoms with van der Waals surface area (Å²) in [5.41, 5.74) is 3.98. The molecule has 0 aromatic heterocycles. The summed E-state index contributed by atoms with van der Waals surface area (Å²) in [6.45, 7) is 9.25. The number of ether oxygens (including phenoxy) is 1. The molecule has 0 saturated carbocycles. The van der Waals surface area contributed by atoms with E-state index in [0.29, 0.717) is 0 Å². The molecule has 0 aliphatic carbocycles. The van der Waals surface area contributed by atoms with E-state index in [4.69, 9.17) is 4.74 Å². The molecule has 1 saturated heterocycles. The van der Waals surface area contributed by atoms with Crippen LogP contribution in [0, 0.1) is 6.92 Å². The van der Waals surface area contributed by atoms with Gasteiger partial charge in [0, 0.05) is 24.1 Å². The molecule has 1 fully saturated rings. The van der Waals surface area contributed by atoms with Crippen molar-refractivity contribution < 1.29 is 4.74 Å². The summed E-state index contributed by atoms with van der Waals surface area (Å²) in [6, 6.07) is 6.68. The predicted octanol–water partition coefficient (Wildman–Crippen LogP) is 3.51. The molecule has 1 aromatic rings. The van der Waals surface area contributed by atoms with Crippen LogP contribution >= 0.6 is 15.9 Å². The highest BCUT2D eigenvalue weighted by Gasteiger charge is 2.27. The standard InChI is InChI=1S/C14H20BrNO/c1-11-8-12(9-15)4-5-13(11)16-6-7-17-14(2,3)10-16/h4-5,8H,6-7,9-10H2,1-3H3. The number of rotatable bonds is 2. The average molecular weight is 298 g/mol. The van der Waals surface area contributed by atoms with Gasteiger partial charge < -0.3 is 9.64 Å². The van der Waals surface area contributed by atoms with Crippen LogP contribution in [0.3, 0.4) is 0 Å². The number of aryl methyl sites for hydroxylation is 1. The smallest absolute Gasteiger partial charge is 0.0801 e. The monoisotopic (exact) mass is 297 g/mol. The number of halogens is 1. The first kappa shape index (κ1) is 12.9. The molecule has 0 spiro atoms. The summed E-state index contributed by atoms with van der Waals surface area (Å²) in [4.78, 5) is 2.43. The van der Waals surface area contributed by atoms with Gasteiger partial charge in [0.1, 0.15) is 0 Å². The molecule has 2 nitrogen and oxygen atoms in total. The van der Waals surface area contributed by atoms with Crippen LogP contribution in [0.25, 0.3) is 0 Å². The Bertz CT molecular complexity index is 403. The Morgan fingerprint density at radius 1 is 1.41 bits per heavy atom. The van der Waals surface area contributed by atoms with Gasteiger partial charge in [-0.1, -0.05) is 28.1 Å². The molecule has 0 amide bonds. The molecular weight excluding hydrogens is 278 g/mol. The lowest BCUT2D eigenvalue weighted by Crippen LogP contribution is -2.48. The van der Waals surface area contributed by atoms with E-state index in [1.807, 2.05) is 0 Å². The molecule has 0 radical (unpaired) electrons. The zero-order valence-corrected chi connectivity index (χ0v) is 12.4. The predicted molar refractivity (Wildman–Crippen MR) is 76.1 cm³/mol. The van der Waals surface area contributed by atoms with Crippen molar-refractivity contribution >= 4 is 21.6 Å². The van der Waals surface area contributed by atoms with Crippen LogP contribution in [0.2, 0.25) is 0 Å². The van der Waals surface area contributed by atoms with Gasteiger partial charge in [-0.2, -0.15) is 0 Å². The Labute approximate surface area is 112 Å². The van der Waals surface area contributed by atoms with E-state index >= 15 is 0 Å². The maximum absolute atomic E-state index is 5.75. The van der Waals surface area contributed by atoms with E-state index in [-0.39, 0.29) is 5.60 Å². The molecular formula is C14H20BrNO. The largest absolute Gasteiger partial charge is 0.372 e. The van der Waals surface area contributed by atoms with Gasteiger partial charge in [-0.3, -0.25) is 0 Å². The van der Waals surface area contributed by atoms with Crippen LogP contribution in [0.4, 0.5) is 5.69 Å². The third-order valence-electron chi connectivity index (χ3n) is 3.18. The van der Waals surface area contributed by atoms with Crippen molar-refractivity contribution in [2.75, 3.05) is 24.6 Å². The van der Waals surface area contributed by atoms with Gasteiger partial charge in [-0.25, -0.2) is 0 Å². The van der Waals surface area contributed by atoms with Crippen LogP contribution in [-0.2, 0) is 10.1 Å². The van der Waals surface area contributed by atoms with Gasteiger partial charge in [-0.05, 0) is 38.0 Å². The normalized spacial score (nSPS) is 19.4. The number of nitrogens with zero attached hydrogens (tertiary/aromatic N) is 1. The van der Waals surface area contributed by atoms with Crippen LogP contribution in [0.5, 0.6) is 0 Å². The molecule has 3 heteroatoms. The maximum atomic E-state index is 5.75. The van der Waals surface area contributed by atoms with Gasteiger partial charge in [-0.15, -0.1) is 0 Å². The summed E-state index contributed by atoms with van der Waals surface area (Å²) < 4.78 is 5.75. The highest BCUT2D eigenvalue weighted by molar-refractivity contribution is 9.08. The van der Waals surface area contributed by atoms with Crippen molar-refractivity contribution in [1.82, 2.24) is 0 Å². The van der Waals surface area contributed by atoms with Gasteiger partial charge in [0.2, 0.25) is 0 Å². The highest BCUT2D eigenvalue weighted by Crippen LogP contribution is 2.27. The molecule has 1 aliphatic heterocycles. The molecule has 1 aromatic carbocycles. The number of benzene rings is 1.